The van der Waals surface area contributed by atoms with Gasteiger partial charge in [-0.25, -0.2) is 9.59 Å². The molecule has 106 valence electrons. The summed E-state index contributed by atoms with van der Waals surface area (Å²) in [6, 6.07) is 0.915. The summed E-state index contributed by atoms with van der Waals surface area (Å²) in [6.45, 7) is 2.33. The van der Waals surface area contributed by atoms with Gasteiger partial charge in [-0.1, -0.05) is 13.3 Å². The Morgan fingerprint density at radius 3 is 2.79 bits per heavy atom. The van der Waals surface area contributed by atoms with Crippen molar-refractivity contribution in [2.45, 2.75) is 37.6 Å². The molecule has 0 aromatic rings. The van der Waals surface area contributed by atoms with Crippen molar-refractivity contribution in [1.82, 2.24) is 9.80 Å². The van der Waals surface area contributed by atoms with E-state index < -0.39 is 12.0 Å². The standard InChI is InChI=1S/C12H19N3O3S/c1-3-5-10-15(9(8-19-10)11(16)17)12(18)14(2)7-4-6-13/h9-10H,3-5,7-8H2,1-2H3,(H,16,17). The van der Waals surface area contributed by atoms with E-state index in [4.69, 9.17) is 5.26 Å². The first kappa shape index (κ1) is 15.6. The van der Waals surface area contributed by atoms with Crippen molar-refractivity contribution < 1.29 is 14.7 Å². The summed E-state index contributed by atoms with van der Waals surface area (Å²) in [6.07, 6.45) is 1.93. The fourth-order valence-electron chi connectivity index (χ4n) is 1.99. The summed E-state index contributed by atoms with van der Waals surface area (Å²) in [5.41, 5.74) is 0. The summed E-state index contributed by atoms with van der Waals surface area (Å²) < 4.78 is 0. The van der Waals surface area contributed by atoms with E-state index in [2.05, 4.69) is 0 Å². The highest BCUT2D eigenvalue weighted by Gasteiger charge is 2.42. The lowest BCUT2D eigenvalue weighted by Crippen LogP contribution is -2.50. The zero-order valence-electron chi connectivity index (χ0n) is 11.2. The Kier molecular flexibility index (Phi) is 5.96. The molecule has 1 rings (SSSR count). The van der Waals surface area contributed by atoms with E-state index in [0.29, 0.717) is 12.3 Å². The minimum absolute atomic E-state index is 0.0804. The molecule has 1 aliphatic rings. The molecular weight excluding hydrogens is 266 g/mol. The SMILES string of the molecule is CCCC1SCC(C(=O)O)N1C(=O)N(C)CCC#N. The van der Waals surface area contributed by atoms with Crippen LogP contribution in [0.15, 0.2) is 0 Å². The van der Waals surface area contributed by atoms with Gasteiger partial charge in [0.1, 0.15) is 6.04 Å². The molecule has 19 heavy (non-hydrogen) atoms. The van der Waals surface area contributed by atoms with E-state index in [9.17, 15) is 14.7 Å². The smallest absolute Gasteiger partial charge is 0.327 e. The topological polar surface area (TPSA) is 84.6 Å². The van der Waals surface area contributed by atoms with E-state index in [1.165, 1.54) is 21.6 Å². The van der Waals surface area contributed by atoms with Crippen LogP contribution in [-0.4, -0.2) is 57.7 Å². The van der Waals surface area contributed by atoms with E-state index in [1.807, 2.05) is 13.0 Å². The molecule has 1 aliphatic heterocycles. The Balaban J connectivity index is 2.80. The first-order chi connectivity index (χ1) is 9.02. The number of carboxylic acid groups (broad SMARTS) is 1. The first-order valence-electron chi connectivity index (χ1n) is 6.27. The zero-order chi connectivity index (χ0) is 14.4. The molecule has 0 radical (unpaired) electrons. The fourth-order valence-corrected chi connectivity index (χ4v) is 3.50. The van der Waals surface area contributed by atoms with Crippen LogP contribution in [-0.2, 0) is 4.79 Å². The van der Waals surface area contributed by atoms with Gasteiger partial charge in [0, 0.05) is 19.3 Å². The quantitative estimate of drug-likeness (QED) is 0.829. The normalized spacial score (nSPS) is 22.1. The summed E-state index contributed by atoms with van der Waals surface area (Å²) in [5, 5.41) is 17.7. The maximum atomic E-state index is 12.3. The number of carboxylic acids is 1. The Hall–Kier alpha value is -1.42. The van der Waals surface area contributed by atoms with Crippen molar-refractivity contribution in [3.8, 4) is 6.07 Å². The van der Waals surface area contributed by atoms with Gasteiger partial charge >= 0.3 is 12.0 Å². The number of carbonyl (C=O) groups excluding carboxylic acids is 1. The van der Waals surface area contributed by atoms with Crippen LogP contribution in [0.5, 0.6) is 0 Å². The average Bonchev–Trinajstić information content (AvgIpc) is 2.79. The molecular formula is C12H19N3O3S. The molecule has 2 amide bonds. The van der Waals surface area contributed by atoms with Gasteiger partial charge in [0.25, 0.3) is 0 Å². The Morgan fingerprint density at radius 2 is 2.26 bits per heavy atom. The van der Waals surface area contributed by atoms with Gasteiger partial charge in [-0.15, -0.1) is 11.8 Å². The molecule has 0 bridgehead atoms. The number of aliphatic carboxylic acids is 1. The lowest BCUT2D eigenvalue weighted by atomic mass is 10.2. The zero-order valence-corrected chi connectivity index (χ0v) is 12.0. The van der Waals surface area contributed by atoms with E-state index in [1.54, 1.807) is 7.05 Å². The Bertz CT molecular complexity index is 383. The molecule has 2 unspecified atom stereocenters. The minimum atomic E-state index is -0.965. The molecule has 0 aromatic heterocycles. The number of nitrogens with zero attached hydrogens (tertiary/aromatic N) is 3. The van der Waals surface area contributed by atoms with Crippen LogP contribution in [0.4, 0.5) is 4.79 Å². The highest BCUT2D eigenvalue weighted by Crippen LogP contribution is 2.33. The van der Waals surface area contributed by atoms with Crippen molar-refractivity contribution in [1.29, 1.82) is 5.26 Å². The second kappa shape index (κ2) is 7.24. The summed E-state index contributed by atoms with van der Waals surface area (Å²) in [7, 11) is 1.60. The van der Waals surface area contributed by atoms with Crippen LogP contribution in [0.3, 0.4) is 0 Å². The van der Waals surface area contributed by atoms with Crippen molar-refractivity contribution in [3.05, 3.63) is 0 Å². The first-order valence-corrected chi connectivity index (χ1v) is 7.32. The second-order valence-corrected chi connectivity index (χ2v) is 5.66. The molecule has 7 heteroatoms. The van der Waals surface area contributed by atoms with Gasteiger partial charge < -0.3 is 10.0 Å². The van der Waals surface area contributed by atoms with Crippen molar-refractivity contribution in [3.63, 3.8) is 0 Å². The number of thioether (sulfide) groups is 1. The maximum Gasteiger partial charge on any atom is 0.327 e. The number of urea groups is 1. The maximum absolute atomic E-state index is 12.3. The summed E-state index contributed by atoms with van der Waals surface area (Å²) in [4.78, 5) is 26.4. The summed E-state index contributed by atoms with van der Waals surface area (Å²) >= 11 is 1.51. The molecule has 1 heterocycles. The molecule has 0 aromatic carbocycles. The third-order valence-corrected chi connectivity index (χ3v) is 4.38. The number of hydrogen-bond donors (Lipinski definition) is 1. The van der Waals surface area contributed by atoms with Crippen LogP contribution in [0.25, 0.3) is 0 Å². The van der Waals surface area contributed by atoms with Gasteiger partial charge in [-0.05, 0) is 6.42 Å². The molecule has 2 atom stereocenters. The molecule has 1 saturated heterocycles. The predicted octanol–water partition coefficient (Wildman–Crippen LogP) is 1.58. The van der Waals surface area contributed by atoms with Crippen LogP contribution in [0, 0.1) is 11.3 Å². The lowest BCUT2D eigenvalue weighted by molar-refractivity contribution is -0.141. The second-order valence-electron chi connectivity index (χ2n) is 4.45. The highest BCUT2D eigenvalue weighted by atomic mass is 32.2. The number of rotatable bonds is 5. The van der Waals surface area contributed by atoms with Crippen LogP contribution < -0.4 is 0 Å². The number of nitriles is 1. The third kappa shape index (κ3) is 3.77. The molecule has 0 aliphatic carbocycles. The molecule has 0 saturated carbocycles. The van der Waals surface area contributed by atoms with Gasteiger partial charge in [0.05, 0.1) is 17.9 Å². The third-order valence-electron chi connectivity index (χ3n) is 3.02. The van der Waals surface area contributed by atoms with Crippen molar-refractivity contribution >= 4 is 23.8 Å². The van der Waals surface area contributed by atoms with E-state index in [-0.39, 0.29) is 17.8 Å². The Morgan fingerprint density at radius 1 is 1.58 bits per heavy atom. The molecule has 0 spiro atoms. The van der Waals surface area contributed by atoms with E-state index >= 15 is 0 Å². The number of hydrogen-bond acceptors (Lipinski definition) is 4. The molecule has 1 N–H and O–H groups in total. The van der Waals surface area contributed by atoms with Crippen molar-refractivity contribution in [2.75, 3.05) is 19.3 Å². The summed E-state index contributed by atoms with van der Waals surface area (Å²) in [5.74, 6) is -0.536. The van der Waals surface area contributed by atoms with Crippen LogP contribution in [0.2, 0.25) is 0 Å². The van der Waals surface area contributed by atoms with Crippen LogP contribution >= 0.6 is 11.8 Å². The monoisotopic (exact) mass is 285 g/mol. The predicted molar refractivity (Wildman–Crippen MR) is 72.7 cm³/mol. The fraction of sp³-hybridized carbons (Fsp3) is 0.750. The van der Waals surface area contributed by atoms with Gasteiger partial charge in [-0.2, -0.15) is 5.26 Å². The van der Waals surface area contributed by atoms with Gasteiger partial charge in [0.2, 0.25) is 0 Å². The van der Waals surface area contributed by atoms with Crippen LogP contribution in [0.1, 0.15) is 26.2 Å². The van der Waals surface area contributed by atoms with E-state index in [0.717, 1.165) is 12.8 Å². The molecule has 1 fully saturated rings. The minimum Gasteiger partial charge on any atom is -0.480 e. The molecule has 6 nitrogen and oxygen atoms in total. The van der Waals surface area contributed by atoms with Crippen molar-refractivity contribution in [2.24, 2.45) is 0 Å². The highest BCUT2D eigenvalue weighted by molar-refractivity contribution is 8.00. The largest absolute Gasteiger partial charge is 0.480 e. The number of carbonyl (C=O) groups is 2. The average molecular weight is 285 g/mol. The number of amides is 2. The van der Waals surface area contributed by atoms with Gasteiger partial charge in [0.15, 0.2) is 0 Å². The van der Waals surface area contributed by atoms with Gasteiger partial charge in [-0.3, -0.25) is 4.90 Å². The Labute approximate surface area is 117 Å². The lowest BCUT2D eigenvalue weighted by Gasteiger charge is -2.31.